The van der Waals surface area contributed by atoms with Crippen molar-refractivity contribution in [2.75, 3.05) is 36.8 Å². The van der Waals surface area contributed by atoms with Gasteiger partial charge in [0.1, 0.15) is 6.61 Å². The Hall–Kier alpha value is -6.46. The van der Waals surface area contributed by atoms with Crippen LogP contribution in [-0.4, -0.2) is 59.0 Å². The molecule has 3 aromatic carbocycles. The summed E-state index contributed by atoms with van der Waals surface area (Å²) in [6.07, 6.45) is 8.21. The van der Waals surface area contributed by atoms with Crippen LogP contribution < -0.4 is 16.0 Å². The summed E-state index contributed by atoms with van der Waals surface area (Å²) in [5, 5.41) is 9.28. The number of anilines is 2. The van der Waals surface area contributed by atoms with Crippen molar-refractivity contribution in [2.24, 2.45) is 0 Å². The van der Waals surface area contributed by atoms with E-state index in [-0.39, 0.29) is 36.6 Å². The van der Waals surface area contributed by atoms with Gasteiger partial charge in [-0.1, -0.05) is 73.2 Å². The molecule has 0 aliphatic carbocycles. The summed E-state index contributed by atoms with van der Waals surface area (Å²) >= 11 is 0. The van der Waals surface area contributed by atoms with Crippen LogP contribution in [0.4, 0.5) is 20.9 Å². The average Bonchev–Trinajstić information content (AvgIpc) is 3.22. The molecule has 3 N–H and O–H groups in total. The molecule has 4 heterocycles. The maximum Gasteiger partial charge on any atom is 0.410 e. The molecule has 5 aromatic rings. The number of carbonyl (C=O) groups is 3. The number of aryl methyl sites for hydroxylation is 2. The van der Waals surface area contributed by atoms with E-state index in [0.717, 1.165) is 59.4 Å². The van der Waals surface area contributed by atoms with Gasteiger partial charge >= 0.3 is 6.09 Å². The smallest absolute Gasteiger partial charge is 0.410 e. The lowest BCUT2D eigenvalue weighted by Gasteiger charge is -2.29. The van der Waals surface area contributed by atoms with Gasteiger partial charge in [-0.25, -0.2) is 4.79 Å². The van der Waals surface area contributed by atoms with Crippen LogP contribution in [0.2, 0.25) is 0 Å². The summed E-state index contributed by atoms with van der Waals surface area (Å²) in [6.45, 7) is 11.4. The maximum atomic E-state index is 12.6. The minimum absolute atomic E-state index is 0. The second-order valence-corrected chi connectivity index (χ2v) is 14.1. The van der Waals surface area contributed by atoms with Gasteiger partial charge in [-0.15, -0.1) is 0 Å². The Kier molecular flexibility index (Phi) is 16.2. The van der Waals surface area contributed by atoms with E-state index >= 15 is 0 Å². The van der Waals surface area contributed by atoms with Crippen molar-refractivity contribution in [1.82, 2.24) is 20.2 Å². The van der Waals surface area contributed by atoms with Crippen LogP contribution in [0.25, 0.3) is 11.1 Å². The fourth-order valence-electron chi connectivity index (χ4n) is 6.66. The first kappa shape index (κ1) is 44.3. The zero-order valence-electron chi connectivity index (χ0n) is 32.8. The fourth-order valence-corrected chi connectivity index (χ4v) is 6.66. The standard InChI is InChI=1S/C27H27N3O3.C19H21N3O.CH4.FH/c1-19-13-15-30(27(32)33-18-21-6-4-3-5-7-21)17-25(19)22-8-10-23(11-9-22)29-26(31)24-12-14-28-16-20(24)2;1-13-7-9-21-12-18(13)15-3-5-16(6-4-15)22-19(23)17-8-10-20-11-14(17)2;;/h3-12,14,16H,13,15,17-18H2,1-2H3,(H,29,31);3-6,8,10-11,21H,7,9,12H2,1-2H3,(H,22,23);1H4;1H. The largest absolute Gasteiger partial charge is 0.445 e. The van der Waals surface area contributed by atoms with Crippen LogP contribution in [0, 0.1) is 13.8 Å². The topological polar surface area (TPSA) is 126 Å². The molecule has 0 bridgehead atoms. The summed E-state index contributed by atoms with van der Waals surface area (Å²) in [5.41, 5.74) is 12.9. The molecular formula is C47H53FN6O4. The predicted octanol–water partition coefficient (Wildman–Crippen LogP) is 9.66. The van der Waals surface area contributed by atoms with Gasteiger partial charge in [-0.05, 0) is 122 Å². The molecule has 2 aliphatic heterocycles. The van der Waals surface area contributed by atoms with Crippen LogP contribution in [0.5, 0.6) is 0 Å². The fraction of sp³-hybridized carbons (Fsp3) is 0.255. The molecule has 10 nitrogen and oxygen atoms in total. The number of nitrogens with zero attached hydrogens (tertiary/aromatic N) is 3. The van der Waals surface area contributed by atoms with Gasteiger partial charge in [0, 0.05) is 66.9 Å². The van der Waals surface area contributed by atoms with Crippen molar-refractivity contribution < 1.29 is 23.8 Å². The molecule has 0 atom stereocenters. The van der Waals surface area contributed by atoms with E-state index in [1.165, 1.54) is 22.3 Å². The number of rotatable bonds is 8. The Morgan fingerprint density at radius 2 is 1.21 bits per heavy atom. The zero-order valence-corrected chi connectivity index (χ0v) is 32.8. The molecule has 7 rings (SSSR count). The molecule has 11 heteroatoms. The quantitative estimate of drug-likeness (QED) is 0.143. The second kappa shape index (κ2) is 21.2. The second-order valence-electron chi connectivity index (χ2n) is 14.1. The van der Waals surface area contributed by atoms with Gasteiger partial charge in [0.25, 0.3) is 11.8 Å². The SMILES string of the molecule is C.CC1=C(c2ccc(NC(=O)c3ccncc3C)cc2)CN(C(=O)OCc2ccccc2)CC1.CC1=C(c2ccc(NC(=O)c3ccncc3C)cc2)CNCC1.F. The summed E-state index contributed by atoms with van der Waals surface area (Å²) in [4.78, 5) is 47.3. The minimum Gasteiger partial charge on any atom is -0.445 e. The van der Waals surface area contributed by atoms with Gasteiger partial charge in [0.15, 0.2) is 0 Å². The third kappa shape index (κ3) is 11.5. The van der Waals surface area contributed by atoms with Crippen molar-refractivity contribution in [2.45, 2.75) is 54.6 Å². The van der Waals surface area contributed by atoms with Crippen molar-refractivity contribution in [3.63, 3.8) is 0 Å². The highest BCUT2D eigenvalue weighted by molar-refractivity contribution is 6.06. The Morgan fingerprint density at radius 1 is 0.690 bits per heavy atom. The van der Waals surface area contributed by atoms with E-state index in [1.54, 1.807) is 41.8 Å². The summed E-state index contributed by atoms with van der Waals surface area (Å²) < 4.78 is 5.51. The van der Waals surface area contributed by atoms with Crippen LogP contribution in [-0.2, 0) is 11.3 Å². The monoisotopic (exact) mass is 784 g/mol. The number of nitrogens with one attached hydrogen (secondary N) is 3. The van der Waals surface area contributed by atoms with Crippen LogP contribution >= 0.6 is 0 Å². The van der Waals surface area contributed by atoms with Crippen LogP contribution in [0.15, 0.2) is 127 Å². The first-order chi connectivity index (χ1) is 27.2. The Bertz CT molecular complexity index is 2240. The predicted molar refractivity (Wildman–Crippen MR) is 231 cm³/mol. The van der Waals surface area contributed by atoms with E-state index in [0.29, 0.717) is 29.9 Å². The third-order valence-corrected chi connectivity index (χ3v) is 10.1. The van der Waals surface area contributed by atoms with Crippen molar-refractivity contribution >= 4 is 40.4 Å². The van der Waals surface area contributed by atoms with E-state index in [9.17, 15) is 14.4 Å². The number of benzene rings is 3. The van der Waals surface area contributed by atoms with Gasteiger partial charge in [-0.2, -0.15) is 0 Å². The van der Waals surface area contributed by atoms with E-state index in [1.807, 2.05) is 80.6 Å². The number of halogens is 1. The first-order valence-electron chi connectivity index (χ1n) is 18.8. The highest BCUT2D eigenvalue weighted by atomic mass is 19.0. The lowest BCUT2D eigenvalue weighted by molar-refractivity contribution is 0.0995. The molecule has 2 aromatic heterocycles. The molecule has 0 fully saturated rings. The molecule has 0 unspecified atom stereocenters. The molecule has 0 saturated heterocycles. The number of hydrogen-bond acceptors (Lipinski definition) is 7. The number of amides is 3. The first-order valence-corrected chi connectivity index (χ1v) is 18.8. The average molecular weight is 785 g/mol. The van der Waals surface area contributed by atoms with Crippen LogP contribution in [0.3, 0.4) is 0 Å². The van der Waals surface area contributed by atoms with Crippen LogP contribution in [0.1, 0.15) is 82.6 Å². The molecule has 0 spiro atoms. The van der Waals surface area contributed by atoms with Crippen molar-refractivity contribution in [1.29, 1.82) is 0 Å². The Morgan fingerprint density at radius 3 is 1.72 bits per heavy atom. The minimum atomic E-state index is -0.305. The third-order valence-electron chi connectivity index (χ3n) is 10.1. The molecule has 58 heavy (non-hydrogen) atoms. The maximum absolute atomic E-state index is 12.6. The number of pyridine rings is 2. The molecule has 302 valence electrons. The highest BCUT2D eigenvalue weighted by Gasteiger charge is 2.23. The molecule has 3 amide bonds. The highest BCUT2D eigenvalue weighted by Crippen LogP contribution is 2.28. The van der Waals surface area contributed by atoms with E-state index in [4.69, 9.17) is 4.74 Å². The lowest BCUT2D eigenvalue weighted by atomic mass is 9.95. The van der Waals surface area contributed by atoms with E-state index < -0.39 is 0 Å². The Balaban J connectivity index is 0.000000263. The summed E-state index contributed by atoms with van der Waals surface area (Å²) in [7, 11) is 0. The van der Waals surface area contributed by atoms with Gasteiger partial charge in [0.05, 0.1) is 0 Å². The molecule has 2 aliphatic rings. The van der Waals surface area contributed by atoms with Crippen molar-refractivity contribution in [3.05, 3.63) is 166 Å². The molecule has 0 radical (unpaired) electrons. The van der Waals surface area contributed by atoms with Gasteiger partial charge in [-0.3, -0.25) is 24.3 Å². The number of carbonyl (C=O) groups excluding carboxylic acids is 3. The zero-order chi connectivity index (χ0) is 39.4. The van der Waals surface area contributed by atoms with Gasteiger partial charge in [0.2, 0.25) is 0 Å². The number of aromatic nitrogens is 2. The molecular weight excluding hydrogens is 732 g/mol. The Labute approximate surface area is 340 Å². The number of ether oxygens (including phenoxy) is 1. The number of hydrogen-bond donors (Lipinski definition) is 3. The normalized spacial score (nSPS) is 13.6. The van der Waals surface area contributed by atoms with E-state index in [2.05, 4.69) is 51.9 Å². The summed E-state index contributed by atoms with van der Waals surface area (Å²) in [6, 6.07) is 28.9. The molecule has 0 saturated carbocycles. The lowest BCUT2D eigenvalue weighted by Crippen LogP contribution is -2.36. The van der Waals surface area contributed by atoms with Crippen molar-refractivity contribution in [3.8, 4) is 0 Å². The van der Waals surface area contributed by atoms with Gasteiger partial charge < -0.3 is 25.6 Å². The summed E-state index contributed by atoms with van der Waals surface area (Å²) in [5.74, 6) is -0.268.